The summed E-state index contributed by atoms with van der Waals surface area (Å²) in [5, 5.41) is 12.0. The van der Waals surface area contributed by atoms with Gasteiger partial charge in [-0.3, -0.25) is 9.59 Å². The zero-order chi connectivity index (χ0) is 17.5. The van der Waals surface area contributed by atoms with E-state index in [1.54, 1.807) is 19.1 Å². The van der Waals surface area contributed by atoms with Crippen LogP contribution < -0.4 is 10.1 Å². The minimum Gasteiger partial charge on any atom is -0.481 e. The average Bonchev–Trinajstić information content (AvgIpc) is 2.58. The highest BCUT2D eigenvalue weighted by Gasteiger charge is 2.21. The fourth-order valence-electron chi connectivity index (χ4n) is 2.32. The smallest absolute Gasteiger partial charge is 0.308 e. The van der Waals surface area contributed by atoms with Crippen LogP contribution in [0.2, 0.25) is 0 Å². The first-order valence-electron chi connectivity index (χ1n) is 7.58. The topological polar surface area (TPSA) is 88.5 Å². The van der Waals surface area contributed by atoms with Crippen molar-refractivity contribution >= 4 is 11.9 Å². The van der Waals surface area contributed by atoms with Crippen molar-refractivity contribution < 1.29 is 19.4 Å². The Hall–Kier alpha value is -2.89. The first-order chi connectivity index (χ1) is 11.5. The molecule has 0 saturated heterocycles. The maximum Gasteiger partial charge on any atom is 0.308 e. The summed E-state index contributed by atoms with van der Waals surface area (Å²) in [4.78, 5) is 27.9. The first-order valence-corrected chi connectivity index (χ1v) is 7.58. The summed E-state index contributed by atoms with van der Waals surface area (Å²) in [6.45, 7) is 1.82. The average molecular weight is 328 g/mol. The van der Waals surface area contributed by atoms with Crippen molar-refractivity contribution in [1.29, 1.82) is 0 Å². The van der Waals surface area contributed by atoms with Gasteiger partial charge in [0.15, 0.2) is 0 Å². The number of methoxy groups -OCH3 is 1. The minimum absolute atomic E-state index is 0.0279. The van der Waals surface area contributed by atoms with Crippen molar-refractivity contribution in [3.05, 3.63) is 59.3 Å². The van der Waals surface area contributed by atoms with E-state index in [2.05, 4.69) is 10.3 Å². The van der Waals surface area contributed by atoms with Crippen molar-refractivity contribution in [2.45, 2.75) is 13.3 Å². The van der Waals surface area contributed by atoms with Crippen LogP contribution in [-0.4, -0.2) is 35.6 Å². The van der Waals surface area contributed by atoms with E-state index in [1.165, 1.54) is 7.11 Å². The number of carbonyl (C=O) groups excluding carboxylic acids is 1. The summed E-state index contributed by atoms with van der Waals surface area (Å²) in [6.07, 6.45) is 0.347. The van der Waals surface area contributed by atoms with Crippen LogP contribution in [-0.2, 0) is 11.2 Å². The number of hydrogen-bond donors (Lipinski definition) is 2. The number of ether oxygens (including phenoxy) is 1. The van der Waals surface area contributed by atoms with Gasteiger partial charge in [-0.1, -0.05) is 30.3 Å². The van der Waals surface area contributed by atoms with Gasteiger partial charge in [-0.2, -0.15) is 0 Å². The zero-order valence-corrected chi connectivity index (χ0v) is 13.7. The number of carbonyl (C=O) groups is 2. The van der Waals surface area contributed by atoms with Gasteiger partial charge >= 0.3 is 5.97 Å². The third kappa shape index (κ3) is 4.55. The maximum atomic E-state index is 12.3. The summed E-state index contributed by atoms with van der Waals surface area (Å²) in [7, 11) is 1.44. The molecule has 0 saturated carbocycles. The number of rotatable bonds is 7. The third-order valence-corrected chi connectivity index (χ3v) is 3.62. The van der Waals surface area contributed by atoms with Gasteiger partial charge in [0.25, 0.3) is 5.91 Å². The maximum absolute atomic E-state index is 12.3. The Morgan fingerprint density at radius 1 is 1.21 bits per heavy atom. The van der Waals surface area contributed by atoms with Gasteiger partial charge in [0.2, 0.25) is 5.88 Å². The summed E-state index contributed by atoms with van der Waals surface area (Å²) in [6, 6.07) is 12.6. The Morgan fingerprint density at radius 2 is 1.92 bits per heavy atom. The lowest BCUT2D eigenvalue weighted by Gasteiger charge is -2.14. The number of nitrogens with one attached hydrogen (secondary N) is 1. The Labute approximate surface area is 140 Å². The summed E-state index contributed by atoms with van der Waals surface area (Å²) >= 11 is 0. The fourth-order valence-corrected chi connectivity index (χ4v) is 2.32. The van der Waals surface area contributed by atoms with Gasteiger partial charge in [0.1, 0.15) is 5.56 Å². The number of hydrogen-bond acceptors (Lipinski definition) is 4. The molecule has 1 amide bonds. The number of pyridine rings is 1. The minimum atomic E-state index is -0.951. The molecular formula is C18H20N2O4. The molecule has 1 atom stereocenters. The standard InChI is InChI=1S/C18H20N2O4/c1-12-8-9-15(17(20-12)24-2)16(21)19-11-14(18(22)23)10-13-6-4-3-5-7-13/h3-9,14H,10-11H2,1-2H3,(H,19,21)(H,22,23). The van der Waals surface area contributed by atoms with Crippen LogP contribution in [0.25, 0.3) is 0 Å². The second-order valence-electron chi connectivity index (χ2n) is 5.44. The van der Waals surface area contributed by atoms with Crippen LogP contribution in [0.15, 0.2) is 42.5 Å². The van der Waals surface area contributed by atoms with Crippen LogP contribution in [0.1, 0.15) is 21.6 Å². The van der Waals surface area contributed by atoms with Gasteiger partial charge in [0.05, 0.1) is 13.0 Å². The Balaban J connectivity index is 2.04. The molecule has 1 unspecified atom stereocenters. The lowest BCUT2D eigenvalue weighted by atomic mass is 9.99. The van der Waals surface area contributed by atoms with Crippen molar-refractivity contribution in [3.63, 3.8) is 0 Å². The van der Waals surface area contributed by atoms with Crippen molar-refractivity contribution in [2.24, 2.45) is 5.92 Å². The normalized spacial score (nSPS) is 11.6. The fraction of sp³-hybridized carbons (Fsp3) is 0.278. The lowest BCUT2D eigenvalue weighted by Crippen LogP contribution is -2.34. The Morgan fingerprint density at radius 3 is 2.54 bits per heavy atom. The molecule has 0 spiro atoms. The molecule has 2 rings (SSSR count). The number of benzene rings is 1. The molecule has 24 heavy (non-hydrogen) atoms. The summed E-state index contributed by atoms with van der Waals surface area (Å²) < 4.78 is 5.11. The van der Waals surface area contributed by atoms with Crippen molar-refractivity contribution in [2.75, 3.05) is 13.7 Å². The molecule has 2 N–H and O–H groups in total. The van der Waals surface area contributed by atoms with Gasteiger partial charge in [-0.05, 0) is 31.0 Å². The molecule has 0 aliphatic rings. The molecule has 6 heteroatoms. The largest absolute Gasteiger partial charge is 0.481 e. The molecule has 6 nitrogen and oxygen atoms in total. The van der Waals surface area contributed by atoms with E-state index in [9.17, 15) is 14.7 Å². The number of amides is 1. The molecule has 0 bridgehead atoms. The molecular weight excluding hydrogens is 308 g/mol. The van der Waals surface area contributed by atoms with E-state index in [-0.39, 0.29) is 18.0 Å². The van der Waals surface area contributed by atoms with Gasteiger partial charge in [0, 0.05) is 12.2 Å². The lowest BCUT2D eigenvalue weighted by molar-refractivity contribution is -0.141. The van der Waals surface area contributed by atoms with Crippen molar-refractivity contribution in [1.82, 2.24) is 10.3 Å². The van der Waals surface area contributed by atoms with E-state index in [0.29, 0.717) is 6.42 Å². The molecule has 2 aromatic rings. The predicted molar refractivity (Wildman–Crippen MR) is 89.1 cm³/mol. The highest BCUT2D eigenvalue weighted by Crippen LogP contribution is 2.16. The van der Waals surface area contributed by atoms with Gasteiger partial charge < -0.3 is 15.2 Å². The van der Waals surface area contributed by atoms with Crippen LogP contribution in [0, 0.1) is 12.8 Å². The van der Waals surface area contributed by atoms with E-state index in [0.717, 1.165) is 11.3 Å². The first kappa shape index (κ1) is 17.5. The van der Waals surface area contributed by atoms with Crippen LogP contribution in [0.4, 0.5) is 0 Å². The monoisotopic (exact) mass is 328 g/mol. The molecule has 0 aliphatic heterocycles. The Bertz CT molecular complexity index is 716. The summed E-state index contributed by atoms with van der Waals surface area (Å²) in [5.74, 6) is -1.84. The van der Waals surface area contributed by atoms with E-state index in [1.807, 2.05) is 30.3 Å². The zero-order valence-electron chi connectivity index (χ0n) is 13.7. The second-order valence-corrected chi connectivity index (χ2v) is 5.44. The molecule has 126 valence electrons. The van der Waals surface area contributed by atoms with Gasteiger partial charge in [-0.25, -0.2) is 4.98 Å². The second kappa shape index (κ2) is 8.10. The van der Waals surface area contributed by atoms with E-state index >= 15 is 0 Å². The quantitative estimate of drug-likeness (QED) is 0.812. The predicted octanol–water partition coefficient (Wildman–Crippen LogP) is 2.07. The molecule has 0 aliphatic carbocycles. The van der Waals surface area contributed by atoms with Crippen LogP contribution in [0.3, 0.4) is 0 Å². The molecule has 0 fully saturated rings. The number of aromatic nitrogens is 1. The number of carboxylic acids is 1. The number of aryl methyl sites for hydroxylation is 1. The Kier molecular flexibility index (Phi) is 5.89. The van der Waals surface area contributed by atoms with E-state index in [4.69, 9.17) is 4.74 Å². The number of aliphatic carboxylic acids is 1. The van der Waals surface area contributed by atoms with Crippen LogP contribution >= 0.6 is 0 Å². The van der Waals surface area contributed by atoms with E-state index < -0.39 is 17.8 Å². The summed E-state index contributed by atoms with van der Waals surface area (Å²) in [5.41, 5.74) is 1.93. The molecule has 0 radical (unpaired) electrons. The van der Waals surface area contributed by atoms with Crippen molar-refractivity contribution in [3.8, 4) is 5.88 Å². The highest BCUT2D eigenvalue weighted by molar-refractivity contribution is 5.96. The molecule has 1 aromatic heterocycles. The van der Waals surface area contributed by atoms with Crippen LogP contribution in [0.5, 0.6) is 5.88 Å². The third-order valence-electron chi connectivity index (χ3n) is 3.62. The number of nitrogens with zero attached hydrogens (tertiary/aromatic N) is 1. The SMILES string of the molecule is COc1nc(C)ccc1C(=O)NCC(Cc1ccccc1)C(=O)O. The number of carboxylic acid groups (broad SMARTS) is 1. The highest BCUT2D eigenvalue weighted by atomic mass is 16.5. The molecule has 1 aromatic carbocycles. The van der Waals surface area contributed by atoms with Gasteiger partial charge in [-0.15, -0.1) is 0 Å². The molecule has 1 heterocycles.